The SMILES string of the molecule is Cc1ccc(N(C)c2ccc(Br)cc2CO)cc1. The maximum Gasteiger partial charge on any atom is 0.0702 e. The standard InChI is InChI=1S/C15H16BrNO/c1-11-3-6-14(7-4-11)17(2)15-8-5-13(16)9-12(15)10-18/h3-9,18H,10H2,1-2H3. The third-order valence-corrected chi connectivity index (χ3v) is 3.49. The number of benzene rings is 2. The minimum Gasteiger partial charge on any atom is -0.392 e. The van der Waals surface area contributed by atoms with Gasteiger partial charge in [0.15, 0.2) is 0 Å². The van der Waals surface area contributed by atoms with Gasteiger partial charge in [-0.2, -0.15) is 0 Å². The zero-order valence-corrected chi connectivity index (χ0v) is 12.1. The molecule has 2 aromatic carbocycles. The van der Waals surface area contributed by atoms with Crippen molar-refractivity contribution in [3.63, 3.8) is 0 Å². The van der Waals surface area contributed by atoms with Crippen LogP contribution in [0.5, 0.6) is 0 Å². The van der Waals surface area contributed by atoms with Crippen LogP contribution >= 0.6 is 15.9 Å². The van der Waals surface area contributed by atoms with Crippen molar-refractivity contribution in [1.29, 1.82) is 0 Å². The number of rotatable bonds is 3. The summed E-state index contributed by atoms with van der Waals surface area (Å²) < 4.78 is 0.979. The summed E-state index contributed by atoms with van der Waals surface area (Å²) in [6, 6.07) is 14.3. The molecule has 0 radical (unpaired) electrons. The zero-order chi connectivity index (χ0) is 13.1. The Hall–Kier alpha value is -1.32. The summed E-state index contributed by atoms with van der Waals surface area (Å²) in [5, 5.41) is 9.44. The molecule has 0 aliphatic carbocycles. The topological polar surface area (TPSA) is 23.5 Å². The van der Waals surface area contributed by atoms with Gasteiger partial charge in [0.25, 0.3) is 0 Å². The number of nitrogens with zero attached hydrogens (tertiary/aromatic N) is 1. The highest BCUT2D eigenvalue weighted by molar-refractivity contribution is 9.10. The second-order valence-corrected chi connectivity index (χ2v) is 5.24. The second-order valence-electron chi connectivity index (χ2n) is 4.33. The molecule has 0 aliphatic rings. The molecule has 0 spiro atoms. The van der Waals surface area contributed by atoms with Gasteiger partial charge < -0.3 is 10.0 Å². The molecule has 2 aromatic rings. The number of aliphatic hydroxyl groups is 1. The lowest BCUT2D eigenvalue weighted by Crippen LogP contribution is -2.11. The molecule has 0 fully saturated rings. The van der Waals surface area contributed by atoms with Gasteiger partial charge in [-0.25, -0.2) is 0 Å². The van der Waals surface area contributed by atoms with Crippen LogP contribution in [0.3, 0.4) is 0 Å². The first-order valence-corrected chi connectivity index (χ1v) is 6.61. The summed E-state index contributed by atoms with van der Waals surface area (Å²) in [5.41, 5.74) is 4.28. The van der Waals surface area contributed by atoms with Crippen molar-refractivity contribution in [1.82, 2.24) is 0 Å². The first-order chi connectivity index (χ1) is 8.61. The largest absolute Gasteiger partial charge is 0.392 e. The van der Waals surface area contributed by atoms with Gasteiger partial charge in [0.1, 0.15) is 0 Å². The lowest BCUT2D eigenvalue weighted by molar-refractivity contribution is 0.282. The third-order valence-electron chi connectivity index (χ3n) is 2.99. The molecule has 94 valence electrons. The maximum atomic E-state index is 9.44. The van der Waals surface area contributed by atoms with Crippen LogP contribution in [0.25, 0.3) is 0 Å². The highest BCUT2D eigenvalue weighted by Gasteiger charge is 2.09. The van der Waals surface area contributed by atoms with Crippen molar-refractivity contribution in [2.24, 2.45) is 0 Å². The molecule has 18 heavy (non-hydrogen) atoms. The molecule has 0 aromatic heterocycles. The van der Waals surface area contributed by atoms with Gasteiger partial charge in [0, 0.05) is 28.5 Å². The Balaban J connectivity index is 2.39. The van der Waals surface area contributed by atoms with Gasteiger partial charge in [-0.05, 0) is 37.3 Å². The molecule has 1 N–H and O–H groups in total. The van der Waals surface area contributed by atoms with E-state index < -0.39 is 0 Å². The van der Waals surface area contributed by atoms with E-state index in [9.17, 15) is 5.11 Å². The summed E-state index contributed by atoms with van der Waals surface area (Å²) in [4.78, 5) is 2.08. The van der Waals surface area contributed by atoms with Crippen molar-refractivity contribution in [2.45, 2.75) is 13.5 Å². The van der Waals surface area contributed by atoms with Crippen LogP contribution in [0.15, 0.2) is 46.9 Å². The normalized spacial score (nSPS) is 10.4. The minimum absolute atomic E-state index is 0.0327. The summed E-state index contributed by atoms with van der Waals surface area (Å²) in [7, 11) is 2.01. The fraction of sp³-hybridized carbons (Fsp3) is 0.200. The molecule has 3 heteroatoms. The first-order valence-electron chi connectivity index (χ1n) is 5.81. The van der Waals surface area contributed by atoms with Crippen LogP contribution in [0, 0.1) is 6.92 Å². The average molecular weight is 306 g/mol. The Morgan fingerprint density at radius 2 is 1.78 bits per heavy atom. The number of anilines is 2. The van der Waals surface area contributed by atoms with E-state index in [4.69, 9.17) is 0 Å². The molecular formula is C15H16BrNO. The molecule has 0 heterocycles. The lowest BCUT2D eigenvalue weighted by atomic mass is 10.1. The van der Waals surface area contributed by atoms with Gasteiger partial charge >= 0.3 is 0 Å². The van der Waals surface area contributed by atoms with Gasteiger partial charge in [-0.3, -0.25) is 0 Å². The minimum atomic E-state index is 0.0327. The number of aryl methyl sites for hydroxylation is 1. The number of hydrogen-bond donors (Lipinski definition) is 1. The van der Waals surface area contributed by atoms with Crippen LogP contribution in [0.2, 0.25) is 0 Å². The predicted molar refractivity (Wildman–Crippen MR) is 79.3 cm³/mol. The molecular weight excluding hydrogens is 290 g/mol. The van der Waals surface area contributed by atoms with Gasteiger partial charge in [-0.1, -0.05) is 33.6 Å². The fourth-order valence-corrected chi connectivity index (χ4v) is 2.32. The molecule has 0 saturated heterocycles. The van der Waals surface area contributed by atoms with Crippen molar-refractivity contribution in [2.75, 3.05) is 11.9 Å². The van der Waals surface area contributed by atoms with Crippen LogP contribution < -0.4 is 4.90 Å². The van der Waals surface area contributed by atoms with E-state index in [0.717, 1.165) is 21.4 Å². The summed E-state index contributed by atoms with van der Waals surface area (Å²) >= 11 is 3.42. The smallest absolute Gasteiger partial charge is 0.0702 e. The molecule has 0 bridgehead atoms. The quantitative estimate of drug-likeness (QED) is 0.926. The van der Waals surface area contributed by atoms with E-state index in [1.807, 2.05) is 25.2 Å². The van der Waals surface area contributed by atoms with Crippen molar-refractivity contribution < 1.29 is 5.11 Å². The molecule has 0 amide bonds. The Morgan fingerprint density at radius 1 is 1.11 bits per heavy atom. The van der Waals surface area contributed by atoms with Crippen molar-refractivity contribution in [3.05, 3.63) is 58.1 Å². The van der Waals surface area contributed by atoms with Crippen molar-refractivity contribution >= 4 is 27.3 Å². The molecule has 0 atom stereocenters. The Bertz CT molecular complexity index is 537. The lowest BCUT2D eigenvalue weighted by Gasteiger charge is -2.22. The molecule has 0 unspecified atom stereocenters. The number of halogens is 1. The van der Waals surface area contributed by atoms with Gasteiger partial charge in [0.2, 0.25) is 0 Å². The highest BCUT2D eigenvalue weighted by Crippen LogP contribution is 2.29. The van der Waals surface area contributed by atoms with E-state index in [1.54, 1.807) is 0 Å². The van der Waals surface area contributed by atoms with Gasteiger partial charge in [-0.15, -0.1) is 0 Å². The highest BCUT2D eigenvalue weighted by atomic mass is 79.9. The summed E-state index contributed by atoms with van der Waals surface area (Å²) in [6.07, 6.45) is 0. The van der Waals surface area contributed by atoms with Crippen LogP contribution in [0.4, 0.5) is 11.4 Å². The molecule has 2 nitrogen and oxygen atoms in total. The Labute approximate surface area is 116 Å². The van der Waals surface area contributed by atoms with Crippen LogP contribution in [-0.4, -0.2) is 12.2 Å². The fourth-order valence-electron chi connectivity index (χ4n) is 1.92. The second kappa shape index (κ2) is 5.55. The maximum absolute atomic E-state index is 9.44. The average Bonchev–Trinajstić information content (AvgIpc) is 2.38. The Kier molecular flexibility index (Phi) is 4.04. The Morgan fingerprint density at radius 3 is 2.39 bits per heavy atom. The number of hydrogen-bond acceptors (Lipinski definition) is 2. The van der Waals surface area contributed by atoms with Crippen LogP contribution in [-0.2, 0) is 6.61 Å². The summed E-state index contributed by atoms with van der Waals surface area (Å²) in [5.74, 6) is 0. The number of aliphatic hydroxyl groups excluding tert-OH is 1. The predicted octanol–water partition coefficient (Wildman–Crippen LogP) is 4.02. The van der Waals surface area contributed by atoms with Gasteiger partial charge in [0.05, 0.1) is 6.61 Å². The monoisotopic (exact) mass is 305 g/mol. The van der Waals surface area contributed by atoms with E-state index in [1.165, 1.54) is 5.56 Å². The molecule has 0 aliphatic heterocycles. The third kappa shape index (κ3) is 2.74. The zero-order valence-electron chi connectivity index (χ0n) is 10.5. The van der Waals surface area contributed by atoms with E-state index in [0.29, 0.717) is 0 Å². The van der Waals surface area contributed by atoms with Crippen molar-refractivity contribution in [3.8, 4) is 0 Å². The molecule has 0 saturated carbocycles. The van der Waals surface area contributed by atoms with E-state index in [2.05, 4.69) is 52.0 Å². The summed E-state index contributed by atoms with van der Waals surface area (Å²) in [6.45, 7) is 2.10. The van der Waals surface area contributed by atoms with Crippen LogP contribution in [0.1, 0.15) is 11.1 Å². The first kappa shape index (κ1) is 13.1. The van der Waals surface area contributed by atoms with E-state index in [-0.39, 0.29) is 6.61 Å². The molecule has 2 rings (SSSR count). The van der Waals surface area contributed by atoms with E-state index >= 15 is 0 Å².